The maximum absolute atomic E-state index is 3.50. The third-order valence-corrected chi connectivity index (χ3v) is 4.54. The molecule has 0 aromatic heterocycles. The number of nitrogens with one attached hydrogen (secondary N) is 1. The van der Waals surface area contributed by atoms with E-state index in [1.54, 1.807) is 0 Å². The molecule has 1 unspecified atom stereocenters. The first-order valence-corrected chi connectivity index (χ1v) is 6.80. The third kappa shape index (κ3) is 2.88. The first kappa shape index (κ1) is 9.85. The standard InChI is InChI=1S/C11H21NS/c1-12-11(10-2-3-10)8-9-4-6-13-7-5-9/h9-12H,2-8H2,1H3. The summed E-state index contributed by atoms with van der Waals surface area (Å²) < 4.78 is 0. The molecule has 0 spiro atoms. The lowest BCUT2D eigenvalue weighted by Crippen LogP contribution is -2.30. The van der Waals surface area contributed by atoms with Crippen LogP contribution in [-0.4, -0.2) is 24.6 Å². The zero-order valence-electron chi connectivity index (χ0n) is 8.59. The molecule has 2 heteroatoms. The van der Waals surface area contributed by atoms with Gasteiger partial charge in [0.2, 0.25) is 0 Å². The van der Waals surface area contributed by atoms with Gasteiger partial charge in [0.1, 0.15) is 0 Å². The molecule has 76 valence electrons. The summed E-state index contributed by atoms with van der Waals surface area (Å²) in [6.45, 7) is 0. The molecule has 13 heavy (non-hydrogen) atoms. The minimum atomic E-state index is 0.841. The Balaban J connectivity index is 1.73. The Morgan fingerprint density at radius 3 is 2.46 bits per heavy atom. The molecule has 1 atom stereocenters. The maximum atomic E-state index is 3.50. The van der Waals surface area contributed by atoms with E-state index in [-0.39, 0.29) is 0 Å². The SMILES string of the molecule is CNC(CC1CCSCC1)C1CC1. The Morgan fingerprint density at radius 1 is 1.23 bits per heavy atom. The number of rotatable bonds is 4. The second-order valence-electron chi connectivity index (χ2n) is 4.52. The molecule has 0 amide bonds. The normalized spacial score (nSPS) is 27.5. The average Bonchev–Trinajstić information content (AvgIpc) is 2.99. The molecule has 0 bridgehead atoms. The van der Waals surface area contributed by atoms with Crippen molar-refractivity contribution in [3.63, 3.8) is 0 Å². The van der Waals surface area contributed by atoms with Gasteiger partial charge in [0.15, 0.2) is 0 Å². The van der Waals surface area contributed by atoms with Gasteiger partial charge in [0.05, 0.1) is 0 Å². The zero-order valence-corrected chi connectivity index (χ0v) is 9.41. The van der Waals surface area contributed by atoms with Crippen LogP contribution >= 0.6 is 11.8 Å². The summed E-state index contributed by atoms with van der Waals surface area (Å²) >= 11 is 2.14. The van der Waals surface area contributed by atoms with Gasteiger partial charge in [-0.3, -0.25) is 0 Å². The monoisotopic (exact) mass is 199 g/mol. The second kappa shape index (κ2) is 4.70. The van der Waals surface area contributed by atoms with E-state index in [4.69, 9.17) is 0 Å². The molecule has 0 radical (unpaired) electrons. The summed E-state index contributed by atoms with van der Waals surface area (Å²) in [5, 5.41) is 3.50. The molecule has 2 fully saturated rings. The van der Waals surface area contributed by atoms with E-state index < -0.39 is 0 Å². The summed E-state index contributed by atoms with van der Waals surface area (Å²) in [5.74, 6) is 4.87. The van der Waals surface area contributed by atoms with Crippen LogP contribution in [0.1, 0.15) is 32.1 Å². The van der Waals surface area contributed by atoms with Crippen molar-refractivity contribution in [2.75, 3.05) is 18.6 Å². The molecule has 0 aromatic carbocycles. The first-order valence-electron chi connectivity index (χ1n) is 5.65. The van der Waals surface area contributed by atoms with Crippen molar-refractivity contribution in [3.8, 4) is 0 Å². The lowest BCUT2D eigenvalue weighted by atomic mass is 9.92. The van der Waals surface area contributed by atoms with Crippen molar-refractivity contribution in [2.45, 2.75) is 38.1 Å². The van der Waals surface area contributed by atoms with E-state index >= 15 is 0 Å². The second-order valence-corrected chi connectivity index (χ2v) is 5.75. The third-order valence-electron chi connectivity index (χ3n) is 3.49. The number of hydrogen-bond donors (Lipinski definition) is 1. The predicted molar refractivity (Wildman–Crippen MR) is 60.2 cm³/mol. The predicted octanol–water partition coefficient (Wildman–Crippen LogP) is 2.52. The van der Waals surface area contributed by atoms with Crippen LogP contribution in [0, 0.1) is 11.8 Å². The van der Waals surface area contributed by atoms with E-state index in [0.717, 1.165) is 17.9 Å². The van der Waals surface area contributed by atoms with Crippen LogP contribution in [0.2, 0.25) is 0 Å². The minimum Gasteiger partial charge on any atom is -0.317 e. The van der Waals surface area contributed by atoms with Crippen LogP contribution in [0.25, 0.3) is 0 Å². The summed E-state index contributed by atoms with van der Waals surface area (Å²) in [6.07, 6.45) is 7.34. The van der Waals surface area contributed by atoms with E-state index in [1.807, 2.05) is 0 Å². The van der Waals surface area contributed by atoms with E-state index in [1.165, 1.54) is 43.6 Å². The fraction of sp³-hybridized carbons (Fsp3) is 1.00. The summed E-state index contributed by atoms with van der Waals surface area (Å²) in [6, 6.07) is 0.841. The summed E-state index contributed by atoms with van der Waals surface area (Å²) in [5.41, 5.74) is 0. The Hall–Kier alpha value is 0.310. The van der Waals surface area contributed by atoms with Gasteiger partial charge in [0.25, 0.3) is 0 Å². The molecule has 1 N–H and O–H groups in total. The van der Waals surface area contributed by atoms with Gasteiger partial charge in [-0.2, -0.15) is 11.8 Å². The van der Waals surface area contributed by atoms with Crippen molar-refractivity contribution in [2.24, 2.45) is 11.8 Å². The topological polar surface area (TPSA) is 12.0 Å². The van der Waals surface area contributed by atoms with Crippen molar-refractivity contribution in [3.05, 3.63) is 0 Å². The highest BCUT2D eigenvalue weighted by Gasteiger charge is 2.31. The summed E-state index contributed by atoms with van der Waals surface area (Å²) in [4.78, 5) is 0. The quantitative estimate of drug-likeness (QED) is 0.746. The highest BCUT2D eigenvalue weighted by atomic mass is 32.2. The molecule has 1 saturated carbocycles. The Kier molecular flexibility index (Phi) is 3.56. The Labute approximate surface area is 86.0 Å². The first-order chi connectivity index (χ1) is 6.40. The number of thioether (sulfide) groups is 1. The van der Waals surface area contributed by atoms with Gasteiger partial charge < -0.3 is 5.32 Å². The van der Waals surface area contributed by atoms with Gasteiger partial charge in [-0.25, -0.2) is 0 Å². The van der Waals surface area contributed by atoms with E-state index in [2.05, 4.69) is 24.1 Å². The maximum Gasteiger partial charge on any atom is 0.00949 e. The molecule has 1 nitrogen and oxygen atoms in total. The van der Waals surface area contributed by atoms with Crippen molar-refractivity contribution in [1.82, 2.24) is 5.32 Å². The van der Waals surface area contributed by atoms with E-state index in [9.17, 15) is 0 Å². The molecular weight excluding hydrogens is 178 g/mol. The van der Waals surface area contributed by atoms with Crippen LogP contribution in [0.3, 0.4) is 0 Å². The van der Waals surface area contributed by atoms with Crippen LogP contribution in [0.15, 0.2) is 0 Å². The van der Waals surface area contributed by atoms with Crippen LogP contribution < -0.4 is 5.32 Å². The highest BCUT2D eigenvalue weighted by molar-refractivity contribution is 7.99. The van der Waals surface area contributed by atoms with Gasteiger partial charge in [-0.05, 0) is 62.5 Å². The van der Waals surface area contributed by atoms with Gasteiger partial charge in [0, 0.05) is 6.04 Å². The van der Waals surface area contributed by atoms with Crippen molar-refractivity contribution < 1.29 is 0 Å². The largest absolute Gasteiger partial charge is 0.317 e. The lowest BCUT2D eigenvalue weighted by Gasteiger charge is -2.26. The molecule has 2 rings (SSSR count). The fourth-order valence-corrected chi connectivity index (χ4v) is 3.59. The van der Waals surface area contributed by atoms with Crippen LogP contribution in [0.4, 0.5) is 0 Å². The molecule has 1 heterocycles. The summed E-state index contributed by atoms with van der Waals surface area (Å²) in [7, 11) is 2.14. The van der Waals surface area contributed by atoms with Crippen molar-refractivity contribution >= 4 is 11.8 Å². The molecule has 2 aliphatic rings. The van der Waals surface area contributed by atoms with Crippen molar-refractivity contribution in [1.29, 1.82) is 0 Å². The minimum absolute atomic E-state index is 0.841. The van der Waals surface area contributed by atoms with Gasteiger partial charge in [-0.1, -0.05) is 0 Å². The van der Waals surface area contributed by atoms with Crippen LogP contribution in [0.5, 0.6) is 0 Å². The molecule has 1 saturated heterocycles. The van der Waals surface area contributed by atoms with E-state index in [0.29, 0.717) is 0 Å². The lowest BCUT2D eigenvalue weighted by molar-refractivity contribution is 0.354. The zero-order chi connectivity index (χ0) is 9.10. The molecule has 0 aromatic rings. The molecular formula is C11H21NS. The average molecular weight is 199 g/mol. The Bertz CT molecular complexity index is 150. The van der Waals surface area contributed by atoms with Gasteiger partial charge in [-0.15, -0.1) is 0 Å². The molecule has 1 aliphatic carbocycles. The van der Waals surface area contributed by atoms with Crippen LogP contribution in [-0.2, 0) is 0 Å². The Morgan fingerprint density at radius 2 is 1.92 bits per heavy atom. The number of hydrogen-bond acceptors (Lipinski definition) is 2. The smallest absolute Gasteiger partial charge is 0.00949 e. The highest BCUT2D eigenvalue weighted by Crippen LogP contribution is 2.37. The fourth-order valence-electron chi connectivity index (χ4n) is 2.39. The molecule has 1 aliphatic heterocycles. The van der Waals surface area contributed by atoms with Gasteiger partial charge >= 0.3 is 0 Å².